The van der Waals surface area contributed by atoms with E-state index in [-0.39, 0.29) is 62.0 Å². The van der Waals surface area contributed by atoms with E-state index in [4.69, 9.17) is 23.7 Å². The highest BCUT2D eigenvalue weighted by atomic mass is 16.6. The summed E-state index contributed by atoms with van der Waals surface area (Å²) in [5.41, 5.74) is 2.00. The smallest absolute Gasteiger partial charge is 0.421 e. The lowest BCUT2D eigenvalue weighted by Gasteiger charge is -2.46. The average molecular weight is 1010 g/mol. The molecule has 6 aromatic rings. The molecule has 0 bridgehead atoms. The summed E-state index contributed by atoms with van der Waals surface area (Å²) in [6, 6.07) is 35.7. The van der Waals surface area contributed by atoms with Crippen molar-refractivity contribution in [3.8, 4) is 29.1 Å². The Kier molecular flexibility index (Phi) is 14.1. The highest BCUT2D eigenvalue weighted by Crippen LogP contribution is 2.67. The first-order chi connectivity index (χ1) is 36.5. The maximum absolute atomic E-state index is 16.9. The van der Waals surface area contributed by atoms with E-state index < -0.39 is 71.0 Å². The lowest BCUT2D eigenvalue weighted by Crippen LogP contribution is -2.57. The number of rotatable bonds is 13. The van der Waals surface area contributed by atoms with Crippen LogP contribution in [0.15, 0.2) is 140 Å². The molecule has 75 heavy (non-hydrogen) atoms. The van der Waals surface area contributed by atoms with Crippen molar-refractivity contribution >= 4 is 35.3 Å². The minimum atomic E-state index is -2.20. The molecular weight excluding hydrogens is 961 g/mol. The zero-order valence-corrected chi connectivity index (χ0v) is 41.0. The number of anilines is 1. The number of methoxy groups -OCH3 is 2. The Balaban J connectivity index is 1.25. The summed E-state index contributed by atoms with van der Waals surface area (Å²) in [6.07, 6.45) is -1.63. The maximum atomic E-state index is 16.9. The number of aliphatic hydroxyl groups excluding tert-OH is 2. The van der Waals surface area contributed by atoms with Gasteiger partial charge in [0.05, 0.1) is 56.0 Å². The number of fused-ring (bicyclic) bond motifs is 4. The number of hydrogen-bond donors (Lipinski definition) is 2. The summed E-state index contributed by atoms with van der Waals surface area (Å²) < 4.78 is 30.2. The first-order valence-corrected chi connectivity index (χ1v) is 24.5. The van der Waals surface area contributed by atoms with Crippen LogP contribution in [0.3, 0.4) is 0 Å². The molecule has 3 amide bonds. The van der Waals surface area contributed by atoms with Gasteiger partial charge in [0.1, 0.15) is 36.5 Å². The number of para-hydroxylation sites is 1. The highest BCUT2D eigenvalue weighted by molar-refractivity contribution is 6.23. The van der Waals surface area contributed by atoms with Crippen molar-refractivity contribution in [1.29, 1.82) is 0 Å². The fraction of sp³-hybridized carbons (Fsp3) is 0.276. The van der Waals surface area contributed by atoms with E-state index in [0.29, 0.717) is 45.7 Å². The Morgan fingerprint density at radius 3 is 2.16 bits per heavy atom. The molecule has 0 aliphatic carbocycles. The van der Waals surface area contributed by atoms with Crippen LogP contribution >= 0.6 is 0 Å². The standard InChI is InChI=1S/C58H52N4O13/c1-71-47-32-40-26-27-59(34-41(40)33-48(47)72-2)54(65)49-51-55(66)75-52(39-16-7-4-8-17-39)50(38-14-5-3-6-15-38)61(51)53(43-18-9-10-19-46(43)73-30-29-64)58(49)44-31-36(13-11-12-28-63)22-25-45(44)60(56(58)67)57(68)74-35-37-20-23-42(24-21-37)62(69)70/h3-10,14-25,31-33,49-53,63-64H,12,26-30,34-35H2,1-2H3/t49-,50-,51-,52+,53+,58-/m1/s1. The number of hydrogen-bond acceptors (Lipinski definition) is 14. The highest BCUT2D eigenvalue weighted by Gasteiger charge is 2.76. The number of cyclic esters (lactones) is 1. The molecule has 4 aliphatic rings. The van der Waals surface area contributed by atoms with Crippen molar-refractivity contribution in [3.63, 3.8) is 0 Å². The zero-order valence-electron chi connectivity index (χ0n) is 41.0. The van der Waals surface area contributed by atoms with Gasteiger partial charge < -0.3 is 38.8 Å². The van der Waals surface area contributed by atoms with Crippen molar-refractivity contribution in [2.45, 2.75) is 55.6 Å². The Morgan fingerprint density at radius 2 is 1.48 bits per heavy atom. The number of carbonyl (C=O) groups is 4. The molecule has 0 aromatic heterocycles. The molecule has 2 saturated heterocycles. The van der Waals surface area contributed by atoms with Gasteiger partial charge in [-0.3, -0.25) is 29.4 Å². The second kappa shape index (κ2) is 21.1. The fourth-order valence-electron chi connectivity index (χ4n) is 11.3. The van der Waals surface area contributed by atoms with Gasteiger partial charge in [0.15, 0.2) is 11.5 Å². The lowest BCUT2D eigenvalue weighted by atomic mass is 9.64. The molecule has 4 aliphatic heterocycles. The van der Waals surface area contributed by atoms with Gasteiger partial charge in [-0.2, -0.15) is 0 Å². The molecule has 17 heteroatoms. The SMILES string of the molecule is COc1cc2c(cc1OC)CN(C(=O)[C@H]1[C@@H]3C(=O)O[C@@H](c4ccccc4)[C@@H](c4ccccc4)N3[C@@H](c3ccccc3OCCO)[C@]13C(=O)N(C(=O)OCc1ccc([N+](=O)[O-])cc1)c1ccc(C#CCCO)cc13)CC2. The third-order valence-electron chi connectivity index (χ3n) is 14.5. The number of carbonyl (C=O) groups excluding carboxylic acids is 4. The van der Waals surface area contributed by atoms with Crippen molar-refractivity contribution < 1.29 is 58.0 Å². The van der Waals surface area contributed by atoms with E-state index >= 15 is 19.2 Å². The fourth-order valence-corrected chi connectivity index (χ4v) is 11.3. The molecule has 17 nitrogen and oxygen atoms in total. The first kappa shape index (κ1) is 50.0. The van der Waals surface area contributed by atoms with Crippen LogP contribution in [0.25, 0.3) is 0 Å². The Labute approximate surface area is 431 Å². The van der Waals surface area contributed by atoms with Gasteiger partial charge >= 0.3 is 12.1 Å². The van der Waals surface area contributed by atoms with Crippen LogP contribution in [0.4, 0.5) is 16.2 Å². The van der Waals surface area contributed by atoms with Gasteiger partial charge in [-0.1, -0.05) is 90.7 Å². The number of aliphatic hydroxyl groups is 2. The second-order valence-electron chi connectivity index (χ2n) is 18.5. The van der Waals surface area contributed by atoms with E-state index in [1.165, 1.54) is 31.4 Å². The molecule has 2 N–H and O–H groups in total. The molecule has 4 heterocycles. The minimum absolute atomic E-state index is 0.0488. The van der Waals surface area contributed by atoms with Gasteiger partial charge in [0.25, 0.3) is 5.69 Å². The van der Waals surface area contributed by atoms with Crippen molar-refractivity contribution in [1.82, 2.24) is 9.80 Å². The molecule has 1 spiro atoms. The van der Waals surface area contributed by atoms with E-state index in [0.717, 1.165) is 16.0 Å². The molecule has 0 unspecified atom stereocenters. The van der Waals surface area contributed by atoms with Crippen LogP contribution in [0.2, 0.25) is 0 Å². The topological polar surface area (TPSA) is 208 Å². The predicted molar refractivity (Wildman–Crippen MR) is 271 cm³/mol. The van der Waals surface area contributed by atoms with E-state index in [2.05, 4.69) is 11.8 Å². The maximum Gasteiger partial charge on any atom is 0.421 e. The second-order valence-corrected chi connectivity index (χ2v) is 18.5. The molecule has 0 saturated carbocycles. The van der Waals surface area contributed by atoms with E-state index in [1.807, 2.05) is 77.7 Å². The normalized spacial score (nSPS) is 21.5. The van der Waals surface area contributed by atoms with Gasteiger partial charge in [0.2, 0.25) is 11.8 Å². The van der Waals surface area contributed by atoms with Crippen LogP contribution in [-0.2, 0) is 48.8 Å². The summed E-state index contributed by atoms with van der Waals surface area (Å²) in [5.74, 6) is 3.35. The summed E-state index contributed by atoms with van der Waals surface area (Å²) in [7, 11) is 3.06. The lowest BCUT2D eigenvalue weighted by molar-refractivity contribution is -0.384. The number of morpholine rings is 1. The number of non-ortho nitro benzene ring substituents is 1. The number of benzene rings is 6. The van der Waals surface area contributed by atoms with Crippen LogP contribution in [0.5, 0.6) is 17.2 Å². The number of imide groups is 1. The Hall–Kier alpha value is -8.56. The monoisotopic (exact) mass is 1010 g/mol. The molecule has 2 fully saturated rings. The van der Waals surface area contributed by atoms with Gasteiger partial charge in [-0.05, 0) is 88.3 Å². The average Bonchev–Trinajstić information content (AvgIpc) is 4.04. The number of nitro benzene ring substituents is 1. The molecule has 382 valence electrons. The van der Waals surface area contributed by atoms with Crippen LogP contribution in [0.1, 0.15) is 69.1 Å². The summed E-state index contributed by atoms with van der Waals surface area (Å²) in [5, 5.41) is 31.4. The Morgan fingerprint density at radius 1 is 0.800 bits per heavy atom. The third-order valence-corrected chi connectivity index (χ3v) is 14.5. The molecule has 10 rings (SSSR count). The molecule has 6 aromatic carbocycles. The zero-order chi connectivity index (χ0) is 52.4. The first-order valence-electron chi connectivity index (χ1n) is 24.5. The van der Waals surface area contributed by atoms with Gasteiger partial charge in [-0.15, -0.1) is 0 Å². The minimum Gasteiger partial charge on any atom is -0.493 e. The van der Waals surface area contributed by atoms with Gasteiger partial charge in [-0.25, -0.2) is 9.69 Å². The number of amides is 3. The van der Waals surface area contributed by atoms with E-state index in [9.17, 15) is 20.3 Å². The summed E-state index contributed by atoms with van der Waals surface area (Å²) in [6.45, 7) is -0.928. The quantitative estimate of drug-likeness (QED) is 0.0504. The van der Waals surface area contributed by atoms with Crippen molar-refractivity contribution in [2.24, 2.45) is 5.92 Å². The Bertz CT molecular complexity index is 3230. The van der Waals surface area contributed by atoms with Gasteiger partial charge in [0, 0.05) is 42.8 Å². The molecule has 6 atom stereocenters. The third kappa shape index (κ3) is 8.86. The number of nitro groups is 1. The van der Waals surface area contributed by atoms with Crippen LogP contribution in [-0.4, -0.2) is 95.4 Å². The van der Waals surface area contributed by atoms with Crippen LogP contribution < -0.4 is 19.1 Å². The molecule has 0 radical (unpaired) electrons. The number of nitrogens with zero attached hydrogens (tertiary/aromatic N) is 4. The number of ether oxygens (including phenoxy) is 5. The summed E-state index contributed by atoms with van der Waals surface area (Å²) in [4.78, 5) is 79.5. The number of esters is 1. The van der Waals surface area contributed by atoms with E-state index in [1.54, 1.807) is 54.5 Å². The predicted octanol–water partition coefficient (Wildman–Crippen LogP) is 7.30. The van der Waals surface area contributed by atoms with Crippen LogP contribution in [0, 0.1) is 27.9 Å². The van der Waals surface area contributed by atoms with Crippen molar-refractivity contribution in [3.05, 3.63) is 194 Å². The summed E-state index contributed by atoms with van der Waals surface area (Å²) >= 11 is 0. The largest absolute Gasteiger partial charge is 0.493 e. The molecular formula is C58H52N4O13. The van der Waals surface area contributed by atoms with Crippen molar-refractivity contribution in [2.75, 3.05) is 45.5 Å².